The molecular formula is C12H19NO3. The van der Waals surface area contributed by atoms with Crippen LogP contribution in [0.5, 0.6) is 11.5 Å². The number of hydrogen-bond acceptors (Lipinski definition) is 4. The average molecular weight is 225 g/mol. The van der Waals surface area contributed by atoms with Gasteiger partial charge in [-0.25, -0.2) is 0 Å². The van der Waals surface area contributed by atoms with E-state index in [1.165, 1.54) is 6.07 Å². The van der Waals surface area contributed by atoms with Crippen molar-refractivity contribution in [2.24, 2.45) is 0 Å². The van der Waals surface area contributed by atoms with Gasteiger partial charge in [0.1, 0.15) is 0 Å². The highest BCUT2D eigenvalue weighted by atomic mass is 16.5. The molecule has 0 radical (unpaired) electrons. The van der Waals surface area contributed by atoms with Crippen molar-refractivity contribution in [3.63, 3.8) is 0 Å². The monoisotopic (exact) mass is 225 g/mol. The van der Waals surface area contributed by atoms with E-state index in [4.69, 9.17) is 9.84 Å². The van der Waals surface area contributed by atoms with Crippen molar-refractivity contribution in [1.82, 2.24) is 5.32 Å². The summed E-state index contributed by atoms with van der Waals surface area (Å²) < 4.78 is 5.36. The minimum atomic E-state index is -0.0915. The number of hydrogen-bond donors (Lipinski definition) is 3. The largest absolute Gasteiger partial charge is 0.504 e. The molecule has 3 N–H and O–H groups in total. The summed E-state index contributed by atoms with van der Waals surface area (Å²) in [7, 11) is 0. The van der Waals surface area contributed by atoms with Crippen molar-refractivity contribution in [3.05, 3.63) is 23.8 Å². The van der Waals surface area contributed by atoms with Crippen LogP contribution in [0.25, 0.3) is 0 Å². The number of benzene rings is 1. The van der Waals surface area contributed by atoms with Gasteiger partial charge in [-0.1, -0.05) is 6.07 Å². The highest BCUT2D eigenvalue weighted by Crippen LogP contribution is 2.24. The Hall–Kier alpha value is -1.26. The topological polar surface area (TPSA) is 61.7 Å². The van der Waals surface area contributed by atoms with Crippen molar-refractivity contribution in [1.29, 1.82) is 0 Å². The molecule has 0 bridgehead atoms. The summed E-state index contributed by atoms with van der Waals surface area (Å²) in [5.74, 6) is -0.177. The molecule has 1 aromatic rings. The maximum Gasteiger partial charge on any atom is 0.157 e. The summed E-state index contributed by atoms with van der Waals surface area (Å²) in [4.78, 5) is 0. The van der Waals surface area contributed by atoms with Crippen molar-refractivity contribution in [2.45, 2.75) is 26.3 Å². The molecule has 0 atom stereocenters. The number of rotatable bonds is 6. The van der Waals surface area contributed by atoms with E-state index in [0.29, 0.717) is 25.8 Å². The van der Waals surface area contributed by atoms with E-state index in [0.717, 1.165) is 5.56 Å². The minimum absolute atomic E-state index is 0.0854. The van der Waals surface area contributed by atoms with Gasteiger partial charge < -0.3 is 14.9 Å². The first-order chi connectivity index (χ1) is 7.59. The van der Waals surface area contributed by atoms with Gasteiger partial charge in [-0.2, -0.15) is 0 Å². The third-order valence-corrected chi connectivity index (χ3v) is 2.17. The summed E-state index contributed by atoms with van der Waals surface area (Å²) in [6.45, 7) is 5.23. The molecule has 0 unspecified atom stereocenters. The SMILES string of the molecule is CC(C)NCOCCc1ccc(O)c(O)c1. The van der Waals surface area contributed by atoms with Gasteiger partial charge in [-0.15, -0.1) is 0 Å². The highest BCUT2D eigenvalue weighted by molar-refractivity contribution is 5.40. The molecule has 0 aliphatic carbocycles. The van der Waals surface area contributed by atoms with Crippen LogP contribution in [0.1, 0.15) is 19.4 Å². The molecule has 0 saturated heterocycles. The van der Waals surface area contributed by atoms with Gasteiger partial charge >= 0.3 is 0 Å². The zero-order valence-electron chi connectivity index (χ0n) is 9.73. The summed E-state index contributed by atoms with van der Waals surface area (Å²) in [6, 6.07) is 5.22. The summed E-state index contributed by atoms with van der Waals surface area (Å²) in [5.41, 5.74) is 0.944. The fourth-order valence-corrected chi connectivity index (χ4v) is 1.21. The van der Waals surface area contributed by atoms with Gasteiger partial charge in [0.25, 0.3) is 0 Å². The van der Waals surface area contributed by atoms with Gasteiger partial charge in [-0.05, 0) is 38.0 Å². The van der Waals surface area contributed by atoms with Gasteiger partial charge in [0.05, 0.1) is 13.3 Å². The van der Waals surface area contributed by atoms with Crippen molar-refractivity contribution < 1.29 is 14.9 Å². The Labute approximate surface area is 95.9 Å². The molecule has 1 aromatic carbocycles. The molecule has 0 amide bonds. The lowest BCUT2D eigenvalue weighted by molar-refractivity contribution is 0.114. The molecule has 0 saturated carbocycles. The predicted octanol–water partition coefficient (Wildman–Crippen LogP) is 1.61. The van der Waals surface area contributed by atoms with E-state index in [2.05, 4.69) is 19.2 Å². The molecule has 16 heavy (non-hydrogen) atoms. The van der Waals surface area contributed by atoms with Crippen molar-refractivity contribution in [2.75, 3.05) is 13.3 Å². The van der Waals surface area contributed by atoms with Crippen molar-refractivity contribution >= 4 is 0 Å². The smallest absolute Gasteiger partial charge is 0.157 e. The van der Waals surface area contributed by atoms with Crippen LogP contribution in [-0.4, -0.2) is 29.6 Å². The number of nitrogens with one attached hydrogen (secondary N) is 1. The zero-order valence-corrected chi connectivity index (χ0v) is 9.73. The van der Waals surface area contributed by atoms with E-state index in [1.54, 1.807) is 12.1 Å². The number of phenolic OH excluding ortho intramolecular Hbond substituents is 2. The van der Waals surface area contributed by atoms with Crippen LogP contribution in [-0.2, 0) is 11.2 Å². The lowest BCUT2D eigenvalue weighted by Crippen LogP contribution is -2.25. The van der Waals surface area contributed by atoms with Crippen LogP contribution in [0.3, 0.4) is 0 Å². The summed E-state index contributed by atoms with van der Waals surface area (Å²) >= 11 is 0. The molecule has 0 aliphatic rings. The van der Waals surface area contributed by atoms with Gasteiger partial charge in [0, 0.05) is 6.04 Å². The van der Waals surface area contributed by atoms with Crippen LogP contribution in [0, 0.1) is 0 Å². The van der Waals surface area contributed by atoms with Crippen LogP contribution in [0.4, 0.5) is 0 Å². The first-order valence-electron chi connectivity index (χ1n) is 5.41. The first-order valence-corrected chi connectivity index (χ1v) is 5.41. The van der Waals surface area contributed by atoms with E-state index < -0.39 is 0 Å². The molecule has 4 nitrogen and oxygen atoms in total. The van der Waals surface area contributed by atoms with Gasteiger partial charge in [0.2, 0.25) is 0 Å². The molecule has 0 aliphatic heterocycles. The maximum absolute atomic E-state index is 9.27. The number of phenols is 2. The number of aromatic hydroxyl groups is 2. The van der Waals surface area contributed by atoms with E-state index in [-0.39, 0.29) is 11.5 Å². The van der Waals surface area contributed by atoms with Crippen LogP contribution in [0.15, 0.2) is 18.2 Å². The Morgan fingerprint density at radius 1 is 1.25 bits per heavy atom. The lowest BCUT2D eigenvalue weighted by Gasteiger charge is -2.09. The molecule has 0 fully saturated rings. The summed E-state index contributed by atoms with van der Waals surface area (Å²) in [5, 5.41) is 21.5. The van der Waals surface area contributed by atoms with E-state index in [9.17, 15) is 5.11 Å². The first kappa shape index (κ1) is 12.8. The Kier molecular flexibility index (Phi) is 5.08. The second-order valence-corrected chi connectivity index (χ2v) is 3.98. The quantitative estimate of drug-likeness (QED) is 0.391. The third-order valence-electron chi connectivity index (χ3n) is 2.17. The molecule has 90 valence electrons. The Bertz CT molecular complexity index is 326. The summed E-state index contributed by atoms with van der Waals surface area (Å²) in [6.07, 6.45) is 0.716. The fourth-order valence-electron chi connectivity index (χ4n) is 1.21. The Balaban J connectivity index is 2.24. The standard InChI is InChI=1S/C12H19NO3/c1-9(2)13-8-16-6-5-10-3-4-11(14)12(15)7-10/h3-4,7,9,13-15H,5-6,8H2,1-2H3. The average Bonchev–Trinajstić information content (AvgIpc) is 2.22. The lowest BCUT2D eigenvalue weighted by atomic mass is 10.1. The zero-order chi connectivity index (χ0) is 12.0. The normalized spacial score (nSPS) is 10.9. The molecule has 1 rings (SSSR count). The predicted molar refractivity (Wildman–Crippen MR) is 62.6 cm³/mol. The molecule has 0 heterocycles. The second-order valence-electron chi connectivity index (χ2n) is 3.98. The molecule has 0 aromatic heterocycles. The Morgan fingerprint density at radius 3 is 2.62 bits per heavy atom. The Morgan fingerprint density at radius 2 is 2.00 bits per heavy atom. The van der Waals surface area contributed by atoms with E-state index in [1.807, 2.05) is 0 Å². The second kappa shape index (κ2) is 6.35. The molecule has 0 spiro atoms. The minimum Gasteiger partial charge on any atom is -0.504 e. The van der Waals surface area contributed by atoms with Crippen LogP contribution < -0.4 is 5.32 Å². The number of ether oxygens (including phenoxy) is 1. The van der Waals surface area contributed by atoms with Gasteiger partial charge in [0.15, 0.2) is 11.5 Å². The maximum atomic E-state index is 9.27. The van der Waals surface area contributed by atoms with E-state index >= 15 is 0 Å². The van der Waals surface area contributed by atoms with Crippen molar-refractivity contribution in [3.8, 4) is 11.5 Å². The van der Waals surface area contributed by atoms with Crippen LogP contribution >= 0.6 is 0 Å². The highest BCUT2D eigenvalue weighted by Gasteiger charge is 2.00. The van der Waals surface area contributed by atoms with Gasteiger partial charge in [-0.3, -0.25) is 5.32 Å². The van der Waals surface area contributed by atoms with Crippen LogP contribution in [0.2, 0.25) is 0 Å². The molecule has 4 heteroatoms. The molecular weight excluding hydrogens is 206 g/mol. The fraction of sp³-hybridized carbons (Fsp3) is 0.500. The third kappa shape index (κ3) is 4.51.